The SMILES string of the molecule is COc1ccc(N(CCCC(=O)N(Cc2ccc(Cl)cc2)[C@H](Cc2ccccc2)C(=O)NC2CCCCC2)S(C)(=O)=O)cc1Cl. The van der Waals surface area contributed by atoms with Gasteiger partial charge < -0.3 is 15.0 Å². The quantitative estimate of drug-likeness (QED) is 0.207. The summed E-state index contributed by atoms with van der Waals surface area (Å²) in [4.78, 5) is 29.6. The highest BCUT2D eigenvalue weighted by atomic mass is 35.5. The molecule has 45 heavy (non-hydrogen) atoms. The van der Waals surface area contributed by atoms with Gasteiger partial charge in [0.2, 0.25) is 21.8 Å². The topological polar surface area (TPSA) is 96.0 Å². The van der Waals surface area contributed by atoms with Gasteiger partial charge in [0.1, 0.15) is 11.8 Å². The van der Waals surface area contributed by atoms with Crippen LogP contribution in [0.1, 0.15) is 56.1 Å². The van der Waals surface area contributed by atoms with Crippen LogP contribution in [0.5, 0.6) is 5.75 Å². The molecule has 0 unspecified atom stereocenters. The van der Waals surface area contributed by atoms with Gasteiger partial charge in [0.15, 0.2) is 0 Å². The van der Waals surface area contributed by atoms with Crippen molar-refractivity contribution in [3.05, 3.63) is 94.0 Å². The van der Waals surface area contributed by atoms with E-state index < -0.39 is 16.1 Å². The van der Waals surface area contributed by atoms with Crippen LogP contribution >= 0.6 is 23.2 Å². The van der Waals surface area contributed by atoms with Gasteiger partial charge in [-0.05, 0) is 60.7 Å². The first-order valence-electron chi connectivity index (χ1n) is 15.2. The van der Waals surface area contributed by atoms with Crippen LogP contribution < -0.4 is 14.4 Å². The number of nitrogens with zero attached hydrogens (tertiary/aromatic N) is 2. The summed E-state index contributed by atoms with van der Waals surface area (Å²) in [6.07, 6.45) is 6.87. The molecule has 8 nitrogen and oxygen atoms in total. The van der Waals surface area contributed by atoms with Crippen molar-refractivity contribution in [1.29, 1.82) is 0 Å². The number of methoxy groups -OCH3 is 1. The van der Waals surface area contributed by atoms with Crippen LogP contribution in [0.2, 0.25) is 10.0 Å². The third kappa shape index (κ3) is 10.1. The smallest absolute Gasteiger partial charge is 0.243 e. The molecule has 0 saturated heterocycles. The molecule has 1 aliphatic rings. The van der Waals surface area contributed by atoms with Gasteiger partial charge in [0, 0.05) is 37.0 Å². The molecule has 2 amide bonds. The van der Waals surface area contributed by atoms with Crippen LogP contribution in [0, 0.1) is 0 Å². The lowest BCUT2D eigenvalue weighted by Crippen LogP contribution is -2.52. The van der Waals surface area contributed by atoms with Crippen molar-refractivity contribution in [3.63, 3.8) is 0 Å². The lowest BCUT2D eigenvalue weighted by Gasteiger charge is -2.34. The Balaban J connectivity index is 1.58. The van der Waals surface area contributed by atoms with E-state index in [1.54, 1.807) is 29.2 Å². The second kappa shape index (κ2) is 16.3. The molecule has 1 aliphatic carbocycles. The zero-order chi connectivity index (χ0) is 32.4. The largest absolute Gasteiger partial charge is 0.495 e. The Kier molecular flexibility index (Phi) is 12.6. The van der Waals surface area contributed by atoms with Gasteiger partial charge in [-0.15, -0.1) is 0 Å². The van der Waals surface area contributed by atoms with E-state index in [9.17, 15) is 18.0 Å². The summed E-state index contributed by atoms with van der Waals surface area (Å²) >= 11 is 12.4. The number of amides is 2. The number of halogens is 2. The van der Waals surface area contributed by atoms with Crippen LogP contribution in [0.25, 0.3) is 0 Å². The molecule has 0 spiro atoms. The number of sulfonamides is 1. The van der Waals surface area contributed by atoms with Crippen molar-refractivity contribution >= 4 is 50.7 Å². The molecule has 0 heterocycles. The van der Waals surface area contributed by atoms with Gasteiger partial charge >= 0.3 is 0 Å². The van der Waals surface area contributed by atoms with Crippen LogP contribution in [0.4, 0.5) is 5.69 Å². The molecule has 3 aromatic rings. The van der Waals surface area contributed by atoms with E-state index >= 15 is 0 Å². The summed E-state index contributed by atoms with van der Waals surface area (Å²) in [7, 11) is -2.20. The maximum Gasteiger partial charge on any atom is 0.243 e. The monoisotopic (exact) mass is 673 g/mol. The molecule has 0 aromatic heterocycles. The van der Waals surface area contributed by atoms with E-state index in [-0.39, 0.29) is 48.8 Å². The molecule has 1 fully saturated rings. The number of hydrogen-bond donors (Lipinski definition) is 1. The Hall–Kier alpha value is -3.27. The molecule has 242 valence electrons. The molecule has 0 radical (unpaired) electrons. The molecule has 11 heteroatoms. The number of carbonyl (C=O) groups is 2. The van der Waals surface area contributed by atoms with Crippen molar-refractivity contribution in [2.24, 2.45) is 0 Å². The molecular weight excluding hydrogens is 633 g/mol. The van der Waals surface area contributed by atoms with E-state index in [1.165, 1.54) is 17.5 Å². The second-order valence-electron chi connectivity index (χ2n) is 11.5. The predicted molar refractivity (Wildman–Crippen MR) is 180 cm³/mol. The minimum Gasteiger partial charge on any atom is -0.495 e. The van der Waals surface area contributed by atoms with Gasteiger partial charge in [-0.2, -0.15) is 0 Å². The minimum absolute atomic E-state index is 0.0332. The van der Waals surface area contributed by atoms with Crippen molar-refractivity contribution in [2.45, 2.75) is 70.0 Å². The van der Waals surface area contributed by atoms with Crippen LogP contribution in [-0.4, -0.2) is 57.1 Å². The second-order valence-corrected chi connectivity index (χ2v) is 14.2. The van der Waals surface area contributed by atoms with Crippen molar-refractivity contribution in [2.75, 3.05) is 24.2 Å². The standard InChI is InChI=1S/C34H41Cl2N3O5S/c1-44-32-20-19-29(23-30(32)36)39(45(2,42)43)21-9-14-33(40)38(24-26-15-17-27(35)18-16-26)31(22-25-10-5-3-6-11-25)34(41)37-28-12-7-4-8-13-28/h3,5-6,10-11,15-20,23,28,31H,4,7-9,12-14,21-22,24H2,1-2H3,(H,37,41)/t31-/m1/s1. The van der Waals surface area contributed by atoms with Crippen LogP contribution in [0.15, 0.2) is 72.8 Å². The average molecular weight is 675 g/mol. The lowest BCUT2D eigenvalue weighted by atomic mass is 9.94. The maximum atomic E-state index is 14.1. The summed E-state index contributed by atoms with van der Waals surface area (Å²) in [6, 6.07) is 21.0. The summed E-state index contributed by atoms with van der Waals surface area (Å²) in [5.74, 6) is 0.00226. The number of benzene rings is 3. The highest BCUT2D eigenvalue weighted by Gasteiger charge is 2.32. The molecular formula is C34H41Cl2N3O5S. The summed E-state index contributed by atoms with van der Waals surface area (Å²) in [5, 5.41) is 4.09. The third-order valence-electron chi connectivity index (χ3n) is 8.06. The molecule has 1 N–H and O–H groups in total. The number of rotatable bonds is 14. The fourth-order valence-electron chi connectivity index (χ4n) is 5.70. The number of nitrogens with one attached hydrogen (secondary N) is 1. The fraction of sp³-hybridized carbons (Fsp3) is 0.412. The molecule has 0 aliphatic heterocycles. The highest BCUT2D eigenvalue weighted by molar-refractivity contribution is 7.92. The number of carbonyl (C=O) groups excluding carboxylic acids is 2. The normalized spacial score (nSPS) is 14.4. The first kappa shape index (κ1) is 34.6. The Morgan fingerprint density at radius 3 is 2.27 bits per heavy atom. The zero-order valence-corrected chi connectivity index (χ0v) is 28.1. The zero-order valence-electron chi connectivity index (χ0n) is 25.8. The Morgan fingerprint density at radius 2 is 1.64 bits per heavy atom. The van der Waals surface area contributed by atoms with Crippen molar-refractivity contribution < 1.29 is 22.7 Å². The third-order valence-corrected chi connectivity index (χ3v) is 9.81. The van der Waals surface area contributed by atoms with Crippen LogP contribution in [0.3, 0.4) is 0 Å². The summed E-state index contributed by atoms with van der Waals surface area (Å²) in [5.41, 5.74) is 2.15. The first-order valence-corrected chi connectivity index (χ1v) is 17.8. The Morgan fingerprint density at radius 1 is 0.956 bits per heavy atom. The fourth-order valence-corrected chi connectivity index (χ4v) is 7.03. The lowest BCUT2D eigenvalue weighted by molar-refractivity contribution is -0.141. The summed E-state index contributed by atoms with van der Waals surface area (Å²) < 4.78 is 31.9. The minimum atomic E-state index is -3.68. The summed E-state index contributed by atoms with van der Waals surface area (Å²) in [6.45, 7) is 0.259. The predicted octanol–water partition coefficient (Wildman–Crippen LogP) is 6.64. The Bertz CT molecular complexity index is 1530. The first-order chi connectivity index (χ1) is 21.5. The molecule has 3 aromatic carbocycles. The molecule has 4 rings (SSSR count). The number of ether oxygens (including phenoxy) is 1. The van der Waals surface area contributed by atoms with Gasteiger partial charge in [0.05, 0.1) is 24.1 Å². The van der Waals surface area contributed by atoms with Gasteiger partial charge in [0.25, 0.3) is 0 Å². The van der Waals surface area contributed by atoms with E-state index in [0.717, 1.165) is 49.5 Å². The van der Waals surface area contributed by atoms with Gasteiger partial charge in [-0.25, -0.2) is 8.42 Å². The van der Waals surface area contributed by atoms with Crippen molar-refractivity contribution in [1.82, 2.24) is 10.2 Å². The van der Waals surface area contributed by atoms with E-state index in [0.29, 0.717) is 22.9 Å². The maximum absolute atomic E-state index is 14.1. The van der Waals surface area contributed by atoms with E-state index in [4.69, 9.17) is 27.9 Å². The van der Waals surface area contributed by atoms with Gasteiger partial charge in [-0.3, -0.25) is 13.9 Å². The van der Waals surface area contributed by atoms with Gasteiger partial charge in [-0.1, -0.05) is 84.9 Å². The van der Waals surface area contributed by atoms with E-state index in [2.05, 4.69) is 5.32 Å². The van der Waals surface area contributed by atoms with Crippen LogP contribution in [-0.2, 0) is 32.6 Å². The molecule has 0 bridgehead atoms. The Labute approximate surface area is 276 Å². The number of hydrogen-bond acceptors (Lipinski definition) is 5. The highest BCUT2D eigenvalue weighted by Crippen LogP contribution is 2.30. The van der Waals surface area contributed by atoms with Crippen molar-refractivity contribution in [3.8, 4) is 5.75 Å². The molecule has 1 saturated carbocycles. The number of anilines is 1. The average Bonchev–Trinajstić information content (AvgIpc) is 3.02. The molecule has 1 atom stereocenters. The van der Waals surface area contributed by atoms with E-state index in [1.807, 2.05) is 42.5 Å².